The van der Waals surface area contributed by atoms with Crippen LogP contribution >= 0.6 is 11.3 Å². The van der Waals surface area contributed by atoms with Gasteiger partial charge in [-0.25, -0.2) is 13.1 Å². The minimum atomic E-state index is -3.41. The number of thiophene rings is 1. The summed E-state index contributed by atoms with van der Waals surface area (Å²) in [5.74, 6) is 0.746. The number of hydrogen-bond donors (Lipinski definition) is 1. The average Bonchev–Trinajstić information content (AvgIpc) is 2.82. The van der Waals surface area contributed by atoms with Gasteiger partial charge in [0.1, 0.15) is 16.6 Å². The molecule has 2 aromatic rings. The predicted molar refractivity (Wildman–Crippen MR) is 80.9 cm³/mol. The molecule has 108 valence electrons. The van der Waals surface area contributed by atoms with Crippen LogP contribution in [-0.4, -0.2) is 21.6 Å². The van der Waals surface area contributed by atoms with Crippen LogP contribution in [0.3, 0.4) is 0 Å². The highest BCUT2D eigenvalue weighted by atomic mass is 32.2. The molecule has 20 heavy (non-hydrogen) atoms. The Morgan fingerprint density at radius 2 is 2.00 bits per heavy atom. The zero-order chi connectivity index (χ0) is 14.6. The summed E-state index contributed by atoms with van der Waals surface area (Å²) in [7, 11) is -3.41. The van der Waals surface area contributed by atoms with Crippen LogP contribution in [0.1, 0.15) is 10.4 Å². The molecule has 1 heterocycles. The Kier molecular flexibility index (Phi) is 4.80. The molecule has 0 aliphatic rings. The van der Waals surface area contributed by atoms with Gasteiger partial charge in [-0.2, -0.15) is 0 Å². The van der Waals surface area contributed by atoms with Crippen molar-refractivity contribution in [3.05, 3.63) is 46.8 Å². The Morgan fingerprint density at radius 3 is 2.65 bits per heavy atom. The lowest BCUT2D eigenvalue weighted by atomic mass is 10.2. The van der Waals surface area contributed by atoms with E-state index < -0.39 is 10.0 Å². The van der Waals surface area contributed by atoms with Crippen LogP contribution in [0.15, 0.2) is 40.6 Å². The molecule has 0 radical (unpaired) electrons. The van der Waals surface area contributed by atoms with E-state index in [-0.39, 0.29) is 6.54 Å². The SMILES string of the molecule is Cc1cccc(OCCNS(=O)(=O)c2ccc(C)s2)c1. The normalized spacial score (nSPS) is 11.5. The molecule has 0 aliphatic heterocycles. The molecule has 0 unspecified atom stereocenters. The summed E-state index contributed by atoms with van der Waals surface area (Å²) in [6, 6.07) is 11.1. The zero-order valence-corrected chi connectivity index (χ0v) is 13.1. The minimum Gasteiger partial charge on any atom is -0.492 e. The van der Waals surface area contributed by atoms with Gasteiger partial charge in [0.15, 0.2) is 0 Å². The molecule has 0 aliphatic carbocycles. The zero-order valence-electron chi connectivity index (χ0n) is 11.4. The highest BCUT2D eigenvalue weighted by Crippen LogP contribution is 2.20. The van der Waals surface area contributed by atoms with Crippen molar-refractivity contribution in [1.82, 2.24) is 4.72 Å². The first kappa shape index (κ1) is 15.0. The standard InChI is InChI=1S/C14H17NO3S2/c1-11-4-3-5-13(10-11)18-9-8-15-20(16,17)14-7-6-12(2)19-14/h3-7,10,15H,8-9H2,1-2H3. The summed E-state index contributed by atoms with van der Waals surface area (Å²) >= 11 is 1.26. The number of rotatable bonds is 6. The fourth-order valence-corrected chi connectivity index (χ4v) is 4.02. The van der Waals surface area contributed by atoms with Gasteiger partial charge >= 0.3 is 0 Å². The van der Waals surface area contributed by atoms with E-state index in [1.54, 1.807) is 12.1 Å². The van der Waals surface area contributed by atoms with E-state index in [1.165, 1.54) is 11.3 Å². The second kappa shape index (κ2) is 6.39. The van der Waals surface area contributed by atoms with Crippen molar-refractivity contribution in [3.8, 4) is 5.75 Å². The van der Waals surface area contributed by atoms with E-state index in [9.17, 15) is 8.42 Å². The molecule has 1 aromatic heterocycles. The maximum absolute atomic E-state index is 12.0. The third-order valence-corrected chi connectivity index (χ3v) is 5.59. The number of sulfonamides is 1. The van der Waals surface area contributed by atoms with E-state index in [0.29, 0.717) is 10.8 Å². The van der Waals surface area contributed by atoms with Crippen LogP contribution in [0.5, 0.6) is 5.75 Å². The molecule has 0 saturated carbocycles. The molecule has 1 aromatic carbocycles. The second-order valence-corrected chi connectivity index (χ2v) is 7.71. The molecule has 0 bridgehead atoms. The minimum absolute atomic E-state index is 0.243. The molecular formula is C14H17NO3S2. The largest absolute Gasteiger partial charge is 0.492 e. The van der Waals surface area contributed by atoms with Gasteiger partial charge in [-0.15, -0.1) is 11.3 Å². The van der Waals surface area contributed by atoms with Gasteiger partial charge in [-0.05, 0) is 43.7 Å². The highest BCUT2D eigenvalue weighted by molar-refractivity contribution is 7.91. The van der Waals surface area contributed by atoms with Crippen molar-refractivity contribution in [2.75, 3.05) is 13.2 Å². The molecule has 6 heteroatoms. The van der Waals surface area contributed by atoms with Gasteiger partial charge in [-0.1, -0.05) is 12.1 Å². The van der Waals surface area contributed by atoms with Crippen LogP contribution in [0.2, 0.25) is 0 Å². The van der Waals surface area contributed by atoms with E-state index in [4.69, 9.17) is 4.74 Å². The molecule has 0 amide bonds. The molecular weight excluding hydrogens is 294 g/mol. The van der Waals surface area contributed by atoms with Crippen molar-refractivity contribution < 1.29 is 13.2 Å². The lowest BCUT2D eigenvalue weighted by molar-refractivity contribution is 0.322. The Hall–Kier alpha value is -1.37. The van der Waals surface area contributed by atoms with Crippen molar-refractivity contribution in [2.24, 2.45) is 0 Å². The fraction of sp³-hybridized carbons (Fsp3) is 0.286. The summed E-state index contributed by atoms with van der Waals surface area (Å²) in [5.41, 5.74) is 1.11. The maximum atomic E-state index is 12.0. The quantitative estimate of drug-likeness (QED) is 0.835. The number of aryl methyl sites for hydroxylation is 2. The first-order valence-corrected chi connectivity index (χ1v) is 8.53. The fourth-order valence-electron chi connectivity index (χ4n) is 1.68. The lowest BCUT2D eigenvalue weighted by Crippen LogP contribution is -2.27. The highest BCUT2D eigenvalue weighted by Gasteiger charge is 2.15. The van der Waals surface area contributed by atoms with E-state index >= 15 is 0 Å². The molecule has 0 saturated heterocycles. The Labute approximate surface area is 123 Å². The maximum Gasteiger partial charge on any atom is 0.250 e. The molecule has 2 rings (SSSR count). The number of hydrogen-bond acceptors (Lipinski definition) is 4. The molecule has 4 nitrogen and oxygen atoms in total. The van der Waals surface area contributed by atoms with E-state index in [2.05, 4.69) is 4.72 Å². The van der Waals surface area contributed by atoms with Crippen molar-refractivity contribution in [3.63, 3.8) is 0 Å². The predicted octanol–water partition coefficient (Wildman–Crippen LogP) is 2.72. The van der Waals surface area contributed by atoms with Gasteiger partial charge in [0.25, 0.3) is 0 Å². The monoisotopic (exact) mass is 311 g/mol. The van der Waals surface area contributed by atoms with Crippen molar-refractivity contribution >= 4 is 21.4 Å². The van der Waals surface area contributed by atoms with Crippen molar-refractivity contribution in [1.29, 1.82) is 0 Å². The van der Waals surface area contributed by atoms with Gasteiger partial charge in [0.05, 0.1) is 0 Å². The van der Waals surface area contributed by atoms with Crippen LogP contribution in [-0.2, 0) is 10.0 Å². The summed E-state index contributed by atoms with van der Waals surface area (Å²) < 4.78 is 32.3. The van der Waals surface area contributed by atoms with Crippen LogP contribution in [0, 0.1) is 13.8 Å². The third-order valence-electron chi connectivity index (χ3n) is 2.63. The number of benzene rings is 1. The average molecular weight is 311 g/mol. The van der Waals surface area contributed by atoms with Crippen LogP contribution in [0.4, 0.5) is 0 Å². The summed E-state index contributed by atoms with van der Waals surface area (Å²) in [6.07, 6.45) is 0. The lowest BCUT2D eigenvalue weighted by Gasteiger charge is -2.08. The molecule has 0 atom stereocenters. The van der Waals surface area contributed by atoms with Crippen LogP contribution in [0.25, 0.3) is 0 Å². The second-order valence-electron chi connectivity index (χ2n) is 4.43. The number of ether oxygens (including phenoxy) is 1. The topological polar surface area (TPSA) is 55.4 Å². The van der Waals surface area contributed by atoms with Crippen LogP contribution < -0.4 is 9.46 Å². The smallest absolute Gasteiger partial charge is 0.250 e. The molecule has 0 fully saturated rings. The van der Waals surface area contributed by atoms with Gasteiger partial charge in [0.2, 0.25) is 10.0 Å². The first-order chi connectivity index (χ1) is 9.47. The van der Waals surface area contributed by atoms with E-state index in [1.807, 2.05) is 38.1 Å². The summed E-state index contributed by atoms with van der Waals surface area (Å²) in [4.78, 5) is 0.974. The molecule has 1 N–H and O–H groups in total. The van der Waals surface area contributed by atoms with Gasteiger partial charge < -0.3 is 4.74 Å². The van der Waals surface area contributed by atoms with E-state index in [0.717, 1.165) is 16.2 Å². The van der Waals surface area contributed by atoms with Gasteiger partial charge in [-0.3, -0.25) is 0 Å². The molecule has 0 spiro atoms. The van der Waals surface area contributed by atoms with Crippen molar-refractivity contribution in [2.45, 2.75) is 18.1 Å². The van der Waals surface area contributed by atoms with Gasteiger partial charge in [0, 0.05) is 11.4 Å². The Bertz CT molecular complexity index is 677. The summed E-state index contributed by atoms with van der Waals surface area (Å²) in [5, 5.41) is 0. The third kappa shape index (κ3) is 4.06. The summed E-state index contributed by atoms with van der Waals surface area (Å²) in [6.45, 7) is 4.40. The number of nitrogens with one attached hydrogen (secondary N) is 1. The first-order valence-electron chi connectivity index (χ1n) is 6.23. The Balaban J connectivity index is 1.84. The Morgan fingerprint density at radius 1 is 1.20 bits per heavy atom.